The number of hydrogen-bond donors (Lipinski definition) is 1. The van der Waals surface area contributed by atoms with Crippen molar-refractivity contribution in [3.63, 3.8) is 0 Å². The number of aromatic nitrogens is 2. The van der Waals surface area contributed by atoms with Crippen LogP contribution in [0.15, 0.2) is 41.1 Å². The molecule has 0 atom stereocenters. The van der Waals surface area contributed by atoms with E-state index < -0.39 is 0 Å². The van der Waals surface area contributed by atoms with Gasteiger partial charge in [0.2, 0.25) is 0 Å². The molecular formula is C23H29N5S. The largest absolute Gasteiger partial charge is 0.367 e. The second kappa shape index (κ2) is 8.38. The van der Waals surface area contributed by atoms with Crippen molar-refractivity contribution in [3.8, 4) is 11.4 Å². The summed E-state index contributed by atoms with van der Waals surface area (Å²) < 4.78 is 0. The summed E-state index contributed by atoms with van der Waals surface area (Å²) in [6.45, 7) is 4.85. The highest BCUT2D eigenvalue weighted by atomic mass is 32.1. The Morgan fingerprint density at radius 3 is 2.52 bits per heavy atom. The van der Waals surface area contributed by atoms with Gasteiger partial charge in [0, 0.05) is 41.5 Å². The van der Waals surface area contributed by atoms with Crippen molar-refractivity contribution in [2.75, 3.05) is 38.5 Å². The summed E-state index contributed by atoms with van der Waals surface area (Å²) in [6.07, 6.45) is 4.99. The van der Waals surface area contributed by atoms with E-state index in [9.17, 15) is 0 Å². The summed E-state index contributed by atoms with van der Waals surface area (Å²) in [5.74, 6) is 1.80. The van der Waals surface area contributed by atoms with Crippen LogP contribution in [0.4, 0.5) is 5.82 Å². The zero-order valence-electron chi connectivity index (χ0n) is 17.1. The van der Waals surface area contributed by atoms with Crippen molar-refractivity contribution in [2.24, 2.45) is 0 Å². The highest BCUT2D eigenvalue weighted by Gasteiger charge is 2.27. The molecule has 0 aliphatic carbocycles. The lowest BCUT2D eigenvalue weighted by Gasteiger charge is -2.41. The molecule has 0 unspecified atom stereocenters. The minimum Gasteiger partial charge on any atom is -0.367 e. The van der Waals surface area contributed by atoms with Gasteiger partial charge in [0.15, 0.2) is 5.82 Å². The number of rotatable bonds is 4. The molecule has 5 nitrogen and oxygen atoms in total. The number of anilines is 1. The minimum absolute atomic E-state index is 0.478. The first-order chi connectivity index (χ1) is 14.3. The average molecular weight is 408 g/mol. The molecule has 0 amide bonds. The van der Waals surface area contributed by atoms with E-state index >= 15 is 0 Å². The van der Waals surface area contributed by atoms with Crippen molar-refractivity contribution in [3.05, 3.63) is 41.1 Å². The smallest absolute Gasteiger partial charge is 0.162 e. The maximum atomic E-state index is 4.92. The number of piperidine rings is 2. The zero-order valence-corrected chi connectivity index (χ0v) is 17.9. The Kier molecular flexibility index (Phi) is 5.48. The molecule has 0 radical (unpaired) electrons. The third-order valence-corrected chi connectivity index (χ3v) is 7.14. The molecule has 2 aliphatic heterocycles. The molecule has 1 aromatic carbocycles. The van der Waals surface area contributed by atoms with Gasteiger partial charge < -0.3 is 15.1 Å². The van der Waals surface area contributed by atoms with E-state index in [4.69, 9.17) is 9.97 Å². The number of nitrogens with one attached hydrogen (secondary N) is 1. The van der Waals surface area contributed by atoms with Crippen molar-refractivity contribution in [1.29, 1.82) is 0 Å². The van der Waals surface area contributed by atoms with E-state index in [0.29, 0.717) is 6.04 Å². The normalized spacial score (nSPS) is 20.3. The quantitative estimate of drug-likeness (QED) is 0.697. The summed E-state index contributed by atoms with van der Waals surface area (Å²) in [5, 5.41) is 9.09. The van der Waals surface area contributed by atoms with Crippen LogP contribution in [0.3, 0.4) is 0 Å². The van der Waals surface area contributed by atoms with Crippen molar-refractivity contribution >= 4 is 28.1 Å². The molecule has 0 bridgehead atoms. The second-order valence-corrected chi connectivity index (χ2v) is 9.19. The topological polar surface area (TPSA) is 44.3 Å². The highest BCUT2D eigenvalue weighted by Crippen LogP contribution is 2.28. The third kappa shape index (κ3) is 4.15. The van der Waals surface area contributed by atoms with Crippen LogP contribution < -0.4 is 5.32 Å². The van der Waals surface area contributed by atoms with E-state index in [2.05, 4.69) is 63.3 Å². The summed E-state index contributed by atoms with van der Waals surface area (Å²) >= 11 is 1.69. The van der Waals surface area contributed by atoms with E-state index in [-0.39, 0.29) is 0 Å². The molecule has 0 saturated carbocycles. The summed E-state index contributed by atoms with van der Waals surface area (Å²) in [7, 11) is 2.24. The lowest BCUT2D eigenvalue weighted by Crippen LogP contribution is -2.48. The molecule has 3 aromatic rings. The van der Waals surface area contributed by atoms with Crippen LogP contribution in [0.2, 0.25) is 0 Å². The molecule has 29 heavy (non-hydrogen) atoms. The molecule has 152 valence electrons. The van der Waals surface area contributed by atoms with E-state index in [0.717, 1.165) is 34.2 Å². The Hall–Kier alpha value is -2.02. The zero-order chi connectivity index (χ0) is 19.6. The summed E-state index contributed by atoms with van der Waals surface area (Å²) in [4.78, 5) is 14.9. The van der Waals surface area contributed by atoms with Crippen LogP contribution >= 0.6 is 11.3 Å². The van der Waals surface area contributed by atoms with E-state index in [1.54, 1.807) is 11.3 Å². The Bertz CT molecular complexity index is 941. The number of nitrogens with zero attached hydrogens (tertiary/aromatic N) is 4. The van der Waals surface area contributed by atoms with Gasteiger partial charge in [-0.3, -0.25) is 0 Å². The number of fused-ring (bicyclic) bond motifs is 1. The van der Waals surface area contributed by atoms with Crippen LogP contribution in [-0.2, 0) is 0 Å². The molecule has 5 rings (SSSR count). The lowest BCUT2D eigenvalue weighted by molar-refractivity contribution is 0.0994. The minimum atomic E-state index is 0.478. The molecule has 2 aromatic heterocycles. The highest BCUT2D eigenvalue weighted by molar-refractivity contribution is 7.08. The van der Waals surface area contributed by atoms with Crippen LogP contribution in [-0.4, -0.2) is 65.1 Å². The number of para-hydroxylation sites is 1. The molecule has 2 aliphatic rings. The molecule has 0 spiro atoms. The number of likely N-dealkylation sites (tertiary alicyclic amines) is 2. The fourth-order valence-electron chi connectivity index (χ4n) is 4.67. The third-order valence-electron chi connectivity index (χ3n) is 6.46. The van der Waals surface area contributed by atoms with Crippen molar-refractivity contribution in [1.82, 2.24) is 19.8 Å². The first-order valence-corrected chi connectivity index (χ1v) is 11.7. The molecule has 1 N–H and O–H groups in total. The van der Waals surface area contributed by atoms with Crippen LogP contribution in [0.5, 0.6) is 0 Å². The molecule has 6 heteroatoms. The van der Waals surface area contributed by atoms with E-state index in [1.165, 1.54) is 51.9 Å². The van der Waals surface area contributed by atoms with Gasteiger partial charge in [0.1, 0.15) is 5.82 Å². The SMILES string of the molecule is CN1CCC(N2CCC(Nc3nc(-c4ccsc4)nc4ccccc34)CC2)CC1. The van der Waals surface area contributed by atoms with Crippen LogP contribution in [0.25, 0.3) is 22.3 Å². The van der Waals surface area contributed by atoms with Crippen LogP contribution in [0, 0.1) is 0 Å². The van der Waals surface area contributed by atoms with Gasteiger partial charge in [-0.05, 0) is 69.4 Å². The van der Waals surface area contributed by atoms with Gasteiger partial charge in [0.25, 0.3) is 0 Å². The Morgan fingerprint density at radius 2 is 1.76 bits per heavy atom. The predicted octanol–water partition coefficient (Wildman–Crippen LogP) is 4.33. The second-order valence-electron chi connectivity index (χ2n) is 8.41. The van der Waals surface area contributed by atoms with Gasteiger partial charge in [-0.15, -0.1) is 0 Å². The first kappa shape index (κ1) is 19.0. The van der Waals surface area contributed by atoms with Gasteiger partial charge in [-0.25, -0.2) is 9.97 Å². The van der Waals surface area contributed by atoms with Gasteiger partial charge >= 0.3 is 0 Å². The van der Waals surface area contributed by atoms with Gasteiger partial charge in [-0.1, -0.05) is 12.1 Å². The lowest BCUT2D eigenvalue weighted by atomic mass is 9.98. The fraction of sp³-hybridized carbons (Fsp3) is 0.478. The summed E-state index contributed by atoms with van der Waals surface area (Å²) in [6, 6.07) is 11.7. The average Bonchev–Trinajstić information content (AvgIpc) is 3.30. The van der Waals surface area contributed by atoms with Crippen LogP contribution in [0.1, 0.15) is 25.7 Å². The maximum absolute atomic E-state index is 4.92. The molecular weight excluding hydrogens is 378 g/mol. The van der Waals surface area contributed by atoms with Crippen molar-refractivity contribution < 1.29 is 0 Å². The standard InChI is InChI=1S/C23H29N5S/c1-27-11-8-19(9-12-27)28-13-6-18(7-14-28)24-23-20-4-2-3-5-21(20)25-22(26-23)17-10-15-29-16-17/h2-5,10,15-16,18-19H,6-9,11-14H2,1H3,(H,24,25,26). The monoisotopic (exact) mass is 407 g/mol. The molecule has 2 saturated heterocycles. The Labute approximate surface area is 176 Å². The number of hydrogen-bond acceptors (Lipinski definition) is 6. The van der Waals surface area contributed by atoms with E-state index in [1.807, 2.05) is 0 Å². The van der Waals surface area contributed by atoms with Gasteiger partial charge in [-0.2, -0.15) is 11.3 Å². The molecule has 4 heterocycles. The molecule has 2 fully saturated rings. The fourth-order valence-corrected chi connectivity index (χ4v) is 5.30. The first-order valence-electron chi connectivity index (χ1n) is 10.7. The maximum Gasteiger partial charge on any atom is 0.162 e. The van der Waals surface area contributed by atoms with Gasteiger partial charge in [0.05, 0.1) is 5.52 Å². The summed E-state index contributed by atoms with van der Waals surface area (Å²) in [5.41, 5.74) is 2.11. The van der Waals surface area contributed by atoms with Crippen molar-refractivity contribution in [2.45, 2.75) is 37.8 Å². The Morgan fingerprint density at radius 1 is 0.966 bits per heavy atom. The predicted molar refractivity (Wildman–Crippen MR) is 122 cm³/mol. The Balaban J connectivity index is 1.31. The number of thiophene rings is 1. The number of benzene rings is 1.